The Morgan fingerprint density at radius 1 is 0.750 bits per heavy atom. The van der Waals surface area contributed by atoms with Gasteiger partial charge in [0.25, 0.3) is 0 Å². The van der Waals surface area contributed by atoms with Crippen LogP contribution in [0.1, 0.15) is 104 Å². The molecule has 0 bridgehead atoms. The number of rotatable bonds is 17. The van der Waals surface area contributed by atoms with E-state index in [1.165, 1.54) is 70.6 Å². The van der Waals surface area contributed by atoms with Crippen molar-refractivity contribution in [3.8, 4) is 0 Å². The van der Waals surface area contributed by atoms with Crippen molar-refractivity contribution in [3.63, 3.8) is 0 Å². The summed E-state index contributed by atoms with van der Waals surface area (Å²) >= 11 is 0. The Kier molecular flexibility index (Phi) is 15.5. The number of hydrogen-bond acceptors (Lipinski definition) is 3. The Labute approximate surface area is 149 Å². The van der Waals surface area contributed by atoms with Crippen molar-refractivity contribution < 1.29 is 15.0 Å². The molecule has 1 amide bonds. The lowest BCUT2D eigenvalue weighted by molar-refractivity contribution is -0.124. The Morgan fingerprint density at radius 3 is 1.50 bits per heavy atom. The minimum Gasteiger partial charge on any atom is -0.394 e. The summed E-state index contributed by atoms with van der Waals surface area (Å²) in [6.45, 7) is 3.42. The molecular formula is C20H41NO3. The minimum absolute atomic E-state index is 0.0799. The van der Waals surface area contributed by atoms with E-state index in [-0.39, 0.29) is 19.1 Å². The largest absolute Gasteiger partial charge is 0.394 e. The fourth-order valence-electron chi connectivity index (χ4n) is 2.83. The molecule has 0 aliphatic rings. The second kappa shape index (κ2) is 15.9. The molecule has 3 N–H and O–H groups in total. The maximum atomic E-state index is 11.7. The molecule has 0 atom stereocenters. The molecule has 144 valence electrons. The summed E-state index contributed by atoms with van der Waals surface area (Å²) in [5.74, 6) is -0.0799. The van der Waals surface area contributed by atoms with E-state index in [1.54, 1.807) is 6.92 Å². The van der Waals surface area contributed by atoms with E-state index in [4.69, 9.17) is 10.2 Å². The van der Waals surface area contributed by atoms with Crippen LogP contribution in [0.2, 0.25) is 0 Å². The average molecular weight is 344 g/mol. The Hall–Kier alpha value is -0.610. The van der Waals surface area contributed by atoms with Gasteiger partial charge in [0.05, 0.1) is 18.8 Å². The van der Waals surface area contributed by atoms with E-state index in [2.05, 4.69) is 12.2 Å². The first-order valence-corrected chi connectivity index (χ1v) is 10.1. The summed E-state index contributed by atoms with van der Waals surface area (Å²) in [5, 5.41) is 21.0. The van der Waals surface area contributed by atoms with Crippen molar-refractivity contribution in [2.45, 2.75) is 109 Å². The minimum atomic E-state index is -0.895. The third-order valence-electron chi connectivity index (χ3n) is 4.65. The molecule has 0 radical (unpaired) electrons. The lowest BCUT2D eigenvalue weighted by Gasteiger charge is -2.26. The molecule has 0 saturated heterocycles. The number of amides is 1. The van der Waals surface area contributed by atoms with Gasteiger partial charge in [0, 0.05) is 6.42 Å². The van der Waals surface area contributed by atoms with Crippen molar-refractivity contribution in [1.29, 1.82) is 0 Å². The quantitative estimate of drug-likeness (QED) is 0.344. The van der Waals surface area contributed by atoms with E-state index in [1.807, 2.05) is 0 Å². The number of carbonyl (C=O) groups is 1. The van der Waals surface area contributed by atoms with Crippen LogP contribution >= 0.6 is 0 Å². The third-order valence-corrected chi connectivity index (χ3v) is 4.65. The van der Waals surface area contributed by atoms with Gasteiger partial charge < -0.3 is 15.5 Å². The van der Waals surface area contributed by atoms with E-state index < -0.39 is 5.54 Å². The van der Waals surface area contributed by atoms with Gasteiger partial charge in [-0.15, -0.1) is 0 Å². The molecule has 0 aromatic heterocycles. The van der Waals surface area contributed by atoms with Gasteiger partial charge >= 0.3 is 0 Å². The second-order valence-electron chi connectivity index (χ2n) is 7.42. The average Bonchev–Trinajstić information content (AvgIpc) is 2.58. The molecule has 0 aromatic carbocycles. The number of aliphatic hydroxyl groups excluding tert-OH is 2. The first-order valence-electron chi connectivity index (χ1n) is 10.1. The van der Waals surface area contributed by atoms with Crippen LogP contribution in [0, 0.1) is 0 Å². The summed E-state index contributed by atoms with van der Waals surface area (Å²) in [7, 11) is 0. The number of hydrogen-bond donors (Lipinski definition) is 3. The van der Waals surface area contributed by atoms with E-state index >= 15 is 0 Å². The fourth-order valence-corrected chi connectivity index (χ4v) is 2.83. The van der Waals surface area contributed by atoms with Gasteiger partial charge in [-0.1, -0.05) is 84.0 Å². The van der Waals surface area contributed by atoms with Crippen molar-refractivity contribution in [3.05, 3.63) is 0 Å². The van der Waals surface area contributed by atoms with Crippen molar-refractivity contribution in [2.24, 2.45) is 0 Å². The van der Waals surface area contributed by atoms with E-state index in [0.29, 0.717) is 6.42 Å². The van der Waals surface area contributed by atoms with Crippen LogP contribution < -0.4 is 5.32 Å². The fraction of sp³-hybridized carbons (Fsp3) is 0.950. The van der Waals surface area contributed by atoms with E-state index in [0.717, 1.165) is 12.8 Å². The number of nitrogens with one attached hydrogen (secondary N) is 1. The van der Waals surface area contributed by atoms with Gasteiger partial charge in [-0.05, 0) is 13.3 Å². The van der Waals surface area contributed by atoms with Crippen LogP contribution in [0.3, 0.4) is 0 Å². The molecule has 0 spiro atoms. The van der Waals surface area contributed by atoms with Crippen molar-refractivity contribution in [1.82, 2.24) is 5.32 Å². The normalized spacial score (nSPS) is 11.7. The molecule has 4 nitrogen and oxygen atoms in total. The summed E-state index contributed by atoms with van der Waals surface area (Å²) < 4.78 is 0. The molecule has 0 heterocycles. The van der Waals surface area contributed by atoms with Crippen LogP contribution in [0.25, 0.3) is 0 Å². The highest BCUT2D eigenvalue weighted by Gasteiger charge is 2.23. The molecule has 0 saturated carbocycles. The molecule has 4 heteroatoms. The Balaban J connectivity index is 3.32. The predicted molar refractivity (Wildman–Crippen MR) is 101 cm³/mol. The molecule has 0 aliphatic heterocycles. The summed E-state index contributed by atoms with van der Waals surface area (Å²) in [5.41, 5.74) is -0.895. The lowest BCUT2D eigenvalue weighted by atomic mass is 10.0. The maximum absolute atomic E-state index is 11.7. The molecule has 0 aromatic rings. The number of aliphatic hydroxyl groups is 2. The smallest absolute Gasteiger partial charge is 0.220 e. The topological polar surface area (TPSA) is 69.6 Å². The Morgan fingerprint density at radius 2 is 1.12 bits per heavy atom. The van der Waals surface area contributed by atoms with Crippen LogP contribution in [0.5, 0.6) is 0 Å². The third kappa shape index (κ3) is 13.8. The van der Waals surface area contributed by atoms with Crippen LogP contribution in [-0.4, -0.2) is 34.9 Å². The highest BCUT2D eigenvalue weighted by molar-refractivity contribution is 5.76. The molecule has 0 fully saturated rings. The standard InChI is InChI=1S/C20H41NO3/c1-3-4-5-6-7-8-9-10-11-12-13-14-15-16-19(24)21-20(2,17-22)18-23/h22-23H,3-18H2,1-2H3,(H,21,24). The first kappa shape index (κ1) is 23.4. The highest BCUT2D eigenvalue weighted by Crippen LogP contribution is 2.13. The highest BCUT2D eigenvalue weighted by atomic mass is 16.3. The van der Waals surface area contributed by atoms with Crippen LogP contribution in [0.15, 0.2) is 0 Å². The van der Waals surface area contributed by atoms with Gasteiger partial charge in [0.1, 0.15) is 0 Å². The van der Waals surface area contributed by atoms with Gasteiger partial charge in [0.2, 0.25) is 5.91 Å². The molecule has 0 rings (SSSR count). The van der Waals surface area contributed by atoms with Crippen LogP contribution in [-0.2, 0) is 4.79 Å². The monoisotopic (exact) mass is 343 g/mol. The first-order chi connectivity index (χ1) is 11.6. The second-order valence-corrected chi connectivity index (χ2v) is 7.42. The SMILES string of the molecule is CCCCCCCCCCCCCCCC(=O)NC(C)(CO)CO. The number of unbranched alkanes of at least 4 members (excludes halogenated alkanes) is 12. The number of carbonyl (C=O) groups excluding carboxylic acids is 1. The molecular weight excluding hydrogens is 302 g/mol. The Bertz CT molecular complexity index is 291. The zero-order chi connectivity index (χ0) is 18.1. The maximum Gasteiger partial charge on any atom is 0.220 e. The zero-order valence-corrected chi connectivity index (χ0v) is 16.1. The summed E-state index contributed by atoms with van der Waals surface area (Å²) in [4.78, 5) is 11.7. The van der Waals surface area contributed by atoms with Crippen LogP contribution in [0.4, 0.5) is 0 Å². The van der Waals surface area contributed by atoms with E-state index in [9.17, 15) is 4.79 Å². The molecule has 0 unspecified atom stereocenters. The zero-order valence-electron chi connectivity index (χ0n) is 16.1. The van der Waals surface area contributed by atoms with Gasteiger partial charge in [0.15, 0.2) is 0 Å². The van der Waals surface area contributed by atoms with Gasteiger partial charge in [-0.2, -0.15) is 0 Å². The predicted octanol–water partition coefficient (Wildman–Crippen LogP) is 4.33. The molecule has 0 aliphatic carbocycles. The van der Waals surface area contributed by atoms with Crippen molar-refractivity contribution in [2.75, 3.05) is 13.2 Å². The lowest BCUT2D eigenvalue weighted by Crippen LogP contribution is -2.51. The van der Waals surface area contributed by atoms with Gasteiger partial charge in [-0.3, -0.25) is 4.79 Å². The van der Waals surface area contributed by atoms with Gasteiger partial charge in [-0.25, -0.2) is 0 Å². The molecule has 24 heavy (non-hydrogen) atoms. The van der Waals surface area contributed by atoms with Crippen molar-refractivity contribution >= 4 is 5.91 Å². The summed E-state index contributed by atoms with van der Waals surface area (Å²) in [6, 6.07) is 0. The summed E-state index contributed by atoms with van der Waals surface area (Å²) in [6.07, 6.45) is 17.2.